The van der Waals surface area contributed by atoms with Crippen molar-refractivity contribution in [2.75, 3.05) is 12.4 Å². The number of fused-ring (bicyclic) bond motifs is 1. The van der Waals surface area contributed by atoms with Crippen molar-refractivity contribution in [1.82, 2.24) is 10.3 Å². The summed E-state index contributed by atoms with van der Waals surface area (Å²) in [6.07, 6.45) is 3.37. The third-order valence-corrected chi connectivity index (χ3v) is 3.28. The van der Waals surface area contributed by atoms with E-state index in [0.29, 0.717) is 12.0 Å². The molecule has 2 rings (SSSR count). The SMILES string of the molecule is O=C(NCCCl)c1c(O)c2c([nH]c1=O)CCCC2. The molecule has 18 heavy (non-hydrogen) atoms. The van der Waals surface area contributed by atoms with Crippen molar-refractivity contribution in [2.45, 2.75) is 25.7 Å². The molecule has 1 aliphatic rings. The van der Waals surface area contributed by atoms with E-state index in [2.05, 4.69) is 10.3 Å². The molecular weight excluding hydrogens is 256 g/mol. The minimum absolute atomic E-state index is 0.180. The highest BCUT2D eigenvalue weighted by atomic mass is 35.5. The fourth-order valence-electron chi connectivity index (χ4n) is 2.22. The lowest BCUT2D eigenvalue weighted by molar-refractivity contribution is 0.0951. The topological polar surface area (TPSA) is 82.2 Å². The van der Waals surface area contributed by atoms with Gasteiger partial charge in [0.1, 0.15) is 11.3 Å². The Hall–Kier alpha value is -1.49. The van der Waals surface area contributed by atoms with E-state index in [1.165, 1.54) is 0 Å². The van der Waals surface area contributed by atoms with Gasteiger partial charge >= 0.3 is 0 Å². The summed E-state index contributed by atoms with van der Waals surface area (Å²) < 4.78 is 0. The van der Waals surface area contributed by atoms with Gasteiger partial charge in [0.25, 0.3) is 11.5 Å². The van der Waals surface area contributed by atoms with Crippen molar-refractivity contribution in [2.24, 2.45) is 0 Å². The van der Waals surface area contributed by atoms with Gasteiger partial charge in [0.2, 0.25) is 0 Å². The predicted molar refractivity (Wildman–Crippen MR) is 68.4 cm³/mol. The number of hydrogen-bond acceptors (Lipinski definition) is 3. The van der Waals surface area contributed by atoms with Crippen LogP contribution in [-0.2, 0) is 12.8 Å². The average Bonchev–Trinajstić information content (AvgIpc) is 2.36. The minimum atomic E-state index is -0.581. The molecule has 0 aliphatic heterocycles. The Morgan fingerprint density at radius 2 is 2.11 bits per heavy atom. The lowest BCUT2D eigenvalue weighted by Crippen LogP contribution is -2.32. The summed E-state index contributed by atoms with van der Waals surface area (Å²) >= 11 is 5.46. The van der Waals surface area contributed by atoms with Gasteiger partial charge in [-0.25, -0.2) is 0 Å². The maximum absolute atomic E-state index is 11.8. The van der Waals surface area contributed by atoms with Crippen LogP contribution in [0.3, 0.4) is 0 Å². The third kappa shape index (κ3) is 2.36. The molecule has 0 saturated carbocycles. The molecule has 1 heterocycles. The van der Waals surface area contributed by atoms with Crippen molar-refractivity contribution < 1.29 is 9.90 Å². The van der Waals surface area contributed by atoms with Crippen LogP contribution in [0.15, 0.2) is 4.79 Å². The fraction of sp³-hybridized carbons (Fsp3) is 0.500. The third-order valence-electron chi connectivity index (χ3n) is 3.09. The number of alkyl halides is 1. The van der Waals surface area contributed by atoms with Crippen molar-refractivity contribution in [1.29, 1.82) is 0 Å². The summed E-state index contributed by atoms with van der Waals surface area (Å²) in [5, 5.41) is 12.6. The van der Waals surface area contributed by atoms with Crippen LogP contribution < -0.4 is 10.9 Å². The highest BCUT2D eigenvalue weighted by Gasteiger charge is 2.23. The zero-order chi connectivity index (χ0) is 13.1. The van der Waals surface area contributed by atoms with Gasteiger partial charge in [-0.05, 0) is 25.7 Å². The molecule has 98 valence electrons. The maximum Gasteiger partial charge on any atom is 0.264 e. The standard InChI is InChI=1S/C12H15ClN2O3/c13-5-6-14-11(17)9-10(16)7-3-1-2-4-8(7)15-12(9)18/h1-6H2,(H,14,17)(H2,15,16,18). The number of aromatic amines is 1. The van der Waals surface area contributed by atoms with Gasteiger partial charge in [0.05, 0.1) is 0 Å². The second-order valence-electron chi connectivity index (χ2n) is 4.29. The van der Waals surface area contributed by atoms with Gasteiger partial charge < -0.3 is 15.4 Å². The lowest BCUT2D eigenvalue weighted by Gasteiger charge is -2.18. The molecule has 3 N–H and O–H groups in total. The second kappa shape index (κ2) is 5.44. The number of carbonyl (C=O) groups is 1. The molecule has 0 atom stereocenters. The van der Waals surface area contributed by atoms with E-state index in [1.807, 2.05) is 0 Å². The Balaban J connectivity index is 2.42. The zero-order valence-electron chi connectivity index (χ0n) is 9.88. The highest BCUT2D eigenvalue weighted by Crippen LogP contribution is 2.28. The normalized spacial score (nSPS) is 14.1. The molecule has 0 bridgehead atoms. The van der Waals surface area contributed by atoms with Crippen LogP contribution in [0, 0.1) is 0 Å². The smallest absolute Gasteiger partial charge is 0.264 e. The minimum Gasteiger partial charge on any atom is -0.507 e. The Morgan fingerprint density at radius 1 is 1.39 bits per heavy atom. The Morgan fingerprint density at radius 3 is 2.83 bits per heavy atom. The van der Waals surface area contributed by atoms with E-state index in [4.69, 9.17) is 11.6 Å². The number of carbonyl (C=O) groups excluding carboxylic acids is 1. The number of H-pyrrole nitrogens is 1. The second-order valence-corrected chi connectivity index (χ2v) is 4.66. The number of amides is 1. The number of aromatic hydroxyl groups is 1. The van der Waals surface area contributed by atoms with Crippen molar-refractivity contribution in [3.63, 3.8) is 0 Å². The van der Waals surface area contributed by atoms with E-state index < -0.39 is 11.5 Å². The Labute approximate surface area is 109 Å². The molecule has 0 aromatic carbocycles. The van der Waals surface area contributed by atoms with E-state index in [9.17, 15) is 14.7 Å². The molecule has 1 aromatic heterocycles. The zero-order valence-corrected chi connectivity index (χ0v) is 10.6. The van der Waals surface area contributed by atoms with Crippen molar-refractivity contribution in [3.8, 4) is 5.75 Å². The maximum atomic E-state index is 11.8. The van der Waals surface area contributed by atoms with Crippen LogP contribution in [0.4, 0.5) is 0 Å². The molecule has 6 heteroatoms. The van der Waals surface area contributed by atoms with E-state index >= 15 is 0 Å². The van der Waals surface area contributed by atoms with E-state index in [1.54, 1.807) is 0 Å². The molecule has 1 amide bonds. The van der Waals surface area contributed by atoms with Gasteiger partial charge in [0, 0.05) is 23.7 Å². The first-order valence-electron chi connectivity index (χ1n) is 5.96. The quantitative estimate of drug-likeness (QED) is 0.715. The van der Waals surface area contributed by atoms with E-state index in [0.717, 1.165) is 25.0 Å². The lowest BCUT2D eigenvalue weighted by atomic mass is 9.94. The van der Waals surface area contributed by atoms with Crippen LogP contribution in [0.5, 0.6) is 5.75 Å². The Bertz CT molecular complexity index is 525. The number of halogens is 1. The molecule has 1 aliphatic carbocycles. The van der Waals surface area contributed by atoms with Crippen molar-refractivity contribution in [3.05, 3.63) is 27.2 Å². The molecule has 1 aromatic rings. The Kier molecular flexibility index (Phi) is 3.91. The predicted octanol–water partition coefficient (Wildman–Crippen LogP) is 0.928. The van der Waals surface area contributed by atoms with Crippen molar-refractivity contribution >= 4 is 17.5 Å². The number of hydrogen-bond donors (Lipinski definition) is 3. The number of aryl methyl sites for hydroxylation is 1. The molecular formula is C12H15ClN2O3. The van der Waals surface area contributed by atoms with Gasteiger partial charge in [-0.3, -0.25) is 9.59 Å². The molecule has 0 saturated heterocycles. The largest absolute Gasteiger partial charge is 0.507 e. The number of nitrogens with one attached hydrogen (secondary N) is 2. The number of pyridine rings is 1. The van der Waals surface area contributed by atoms with Gasteiger partial charge in [0.15, 0.2) is 0 Å². The first kappa shape index (κ1) is 13.0. The van der Waals surface area contributed by atoms with Crippen LogP contribution >= 0.6 is 11.6 Å². The van der Waals surface area contributed by atoms with Gasteiger partial charge in [-0.1, -0.05) is 0 Å². The summed E-state index contributed by atoms with van der Waals surface area (Å²) in [4.78, 5) is 26.3. The summed E-state index contributed by atoms with van der Waals surface area (Å²) in [6.45, 7) is 0.260. The van der Waals surface area contributed by atoms with Crippen LogP contribution in [0.1, 0.15) is 34.5 Å². The van der Waals surface area contributed by atoms with Gasteiger partial charge in [-0.15, -0.1) is 11.6 Å². The number of rotatable bonds is 3. The molecule has 0 unspecified atom stereocenters. The number of aromatic nitrogens is 1. The molecule has 0 spiro atoms. The highest BCUT2D eigenvalue weighted by molar-refractivity contribution is 6.18. The van der Waals surface area contributed by atoms with Crippen LogP contribution in [0.2, 0.25) is 0 Å². The molecule has 5 nitrogen and oxygen atoms in total. The van der Waals surface area contributed by atoms with Gasteiger partial charge in [-0.2, -0.15) is 0 Å². The van der Waals surface area contributed by atoms with Crippen LogP contribution in [-0.4, -0.2) is 28.4 Å². The summed E-state index contributed by atoms with van der Waals surface area (Å²) in [5.41, 5.74) is 0.690. The summed E-state index contributed by atoms with van der Waals surface area (Å²) in [7, 11) is 0. The summed E-state index contributed by atoms with van der Waals surface area (Å²) in [6, 6.07) is 0. The summed E-state index contributed by atoms with van der Waals surface area (Å²) in [5.74, 6) is -0.502. The van der Waals surface area contributed by atoms with E-state index in [-0.39, 0.29) is 23.7 Å². The first-order chi connectivity index (χ1) is 8.65. The monoisotopic (exact) mass is 270 g/mol. The first-order valence-corrected chi connectivity index (χ1v) is 6.49. The molecule has 0 radical (unpaired) electrons. The average molecular weight is 271 g/mol. The molecule has 0 fully saturated rings. The van der Waals surface area contributed by atoms with Crippen LogP contribution in [0.25, 0.3) is 0 Å². The fourth-order valence-corrected chi connectivity index (χ4v) is 2.32.